The first-order valence-corrected chi connectivity index (χ1v) is 7.88. The molecule has 3 nitrogen and oxygen atoms in total. The van der Waals surface area contributed by atoms with Gasteiger partial charge >= 0.3 is 0 Å². The van der Waals surface area contributed by atoms with Gasteiger partial charge in [-0.25, -0.2) is 0 Å². The topological polar surface area (TPSA) is 41.5 Å². The first-order valence-electron chi connectivity index (χ1n) is 7.88. The van der Waals surface area contributed by atoms with Gasteiger partial charge in [0, 0.05) is 35.6 Å². The van der Waals surface area contributed by atoms with E-state index in [0.29, 0.717) is 29.2 Å². The van der Waals surface area contributed by atoms with Crippen LogP contribution in [-0.4, -0.2) is 23.9 Å². The molecule has 3 aliphatic rings. The molecule has 0 aromatic heterocycles. The Bertz CT molecular complexity index is 511. The van der Waals surface area contributed by atoms with Crippen molar-refractivity contribution >= 4 is 0 Å². The Morgan fingerprint density at radius 3 is 2.85 bits per heavy atom. The van der Waals surface area contributed by atoms with E-state index in [2.05, 4.69) is 12.2 Å². The van der Waals surface area contributed by atoms with Crippen LogP contribution in [0.2, 0.25) is 0 Å². The number of ether oxygens (including phenoxy) is 1. The summed E-state index contributed by atoms with van der Waals surface area (Å²) in [6.07, 6.45) is 5.65. The van der Waals surface area contributed by atoms with Crippen LogP contribution < -0.4 is 5.32 Å². The van der Waals surface area contributed by atoms with Crippen molar-refractivity contribution in [3.05, 3.63) is 29.8 Å². The van der Waals surface area contributed by atoms with Crippen molar-refractivity contribution in [2.24, 2.45) is 11.3 Å². The van der Waals surface area contributed by atoms with E-state index in [1.165, 1.54) is 25.7 Å². The minimum atomic E-state index is 0.195. The molecule has 108 valence electrons. The maximum Gasteiger partial charge on any atom is 0.120 e. The maximum atomic E-state index is 10.0. The number of hydrogen-bond donors (Lipinski definition) is 2. The summed E-state index contributed by atoms with van der Waals surface area (Å²) in [4.78, 5) is 0. The molecule has 2 aliphatic carbocycles. The molecular formula is C17H23NO2. The highest BCUT2D eigenvalue weighted by Gasteiger charge is 2.66. The van der Waals surface area contributed by atoms with Crippen molar-refractivity contribution in [3.63, 3.8) is 0 Å². The molecule has 1 aromatic carbocycles. The van der Waals surface area contributed by atoms with E-state index in [4.69, 9.17) is 4.74 Å². The zero-order valence-electron chi connectivity index (χ0n) is 12.0. The molecule has 1 spiro atoms. The molecule has 1 aliphatic heterocycles. The van der Waals surface area contributed by atoms with Crippen LogP contribution in [0.25, 0.3) is 0 Å². The van der Waals surface area contributed by atoms with Gasteiger partial charge in [-0.3, -0.25) is 0 Å². The summed E-state index contributed by atoms with van der Waals surface area (Å²) in [6, 6.07) is 8.42. The summed E-state index contributed by atoms with van der Waals surface area (Å²) in [5.74, 6) is 1.08. The Morgan fingerprint density at radius 2 is 2.15 bits per heavy atom. The lowest BCUT2D eigenvalue weighted by molar-refractivity contribution is -0.178. The summed E-state index contributed by atoms with van der Waals surface area (Å²) < 4.78 is 5.96. The highest BCUT2D eigenvalue weighted by molar-refractivity contribution is 5.34. The zero-order valence-corrected chi connectivity index (χ0v) is 12.0. The van der Waals surface area contributed by atoms with E-state index in [1.54, 1.807) is 6.07 Å². The fraction of sp³-hybridized carbons (Fsp3) is 0.647. The summed E-state index contributed by atoms with van der Waals surface area (Å²) >= 11 is 0. The summed E-state index contributed by atoms with van der Waals surface area (Å²) in [6.45, 7) is 3.09. The highest BCUT2D eigenvalue weighted by Crippen LogP contribution is 2.63. The van der Waals surface area contributed by atoms with Gasteiger partial charge in [-0.1, -0.05) is 24.6 Å². The molecule has 1 heterocycles. The molecule has 0 bridgehead atoms. The van der Waals surface area contributed by atoms with E-state index < -0.39 is 0 Å². The van der Waals surface area contributed by atoms with Crippen molar-refractivity contribution < 1.29 is 9.84 Å². The predicted molar refractivity (Wildman–Crippen MR) is 77.6 cm³/mol. The Balaban J connectivity index is 1.52. The number of nitrogens with one attached hydrogen (secondary N) is 1. The van der Waals surface area contributed by atoms with Crippen LogP contribution in [0, 0.1) is 11.3 Å². The fourth-order valence-electron chi connectivity index (χ4n) is 4.71. The van der Waals surface area contributed by atoms with Crippen molar-refractivity contribution in [1.29, 1.82) is 0 Å². The number of hydrogen-bond acceptors (Lipinski definition) is 3. The predicted octanol–water partition coefficient (Wildman–Crippen LogP) is 3.00. The minimum absolute atomic E-state index is 0.195. The van der Waals surface area contributed by atoms with Crippen molar-refractivity contribution in [2.45, 2.75) is 50.8 Å². The lowest BCUT2D eigenvalue weighted by Gasteiger charge is -2.64. The maximum absolute atomic E-state index is 10.0. The third kappa shape index (κ3) is 1.60. The third-order valence-corrected chi connectivity index (χ3v) is 5.87. The van der Waals surface area contributed by atoms with Crippen LogP contribution in [0.3, 0.4) is 0 Å². The third-order valence-electron chi connectivity index (χ3n) is 5.87. The summed E-state index contributed by atoms with van der Waals surface area (Å²) in [7, 11) is 0. The molecule has 20 heavy (non-hydrogen) atoms. The van der Waals surface area contributed by atoms with Gasteiger partial charge in [0.1, 0.15) is 5.75 Å². The minimum Gasteiger partial charge on any atom is -0.508 e. The van der Waals surface area contributed by atoms with Gasteiger partial charge in [-0.15, -0.1) is 0 Å². The van der Waals surface area contributed by atoms with E-state index in [1.807, 2.05) is 18.2 Å². The average Bonchev–Trinajstić information content (AvgIpc) is 2.80. The normalized spacial score (nSPS) is 35.1. The summed E-state index contributed by atoms with van der Waals surface area (Å²) in [5, 5.41) is 13.8. The second-order valence-corrected chi connectivity index (χ2v) is 6.76. The molecule has 4 rings (SSSR count). The van der Waals surface area contributed by atoms with Gasteiger partial charge in [0.25, 0.3) is 0 Å². The molecular weight excluding hydrogens is 250 g/mol. The highest BCUT2D eigenvalue weighted by atomic mass is 16.5. The number of fused-ring (bicyclic) bond motifs is 2. The van der Waals surface area contributed by atoms with E-state index >= 15 is 0 Å². The summed E-state index contributed by atoms with van der Waals surface area (Å²) in [5.41, 5.74) is 1.41. The number of para-hydroxylation sites is 1. The lowest BCUT2D eigenvalue weighted by atomic mass is 9.46. The van der Waals surface area contributed by atoms with Crippen LogP contribution in [-0.2, 0) is 4.74 Å². The monoisotopic (exact) mass is 273 g/mol. The van der Waals surface area contributed by atoms with Gasteiger partial charge in [0.15, 0.2) is 0 Å². The molecule has 4 atom stereocenters. The molecule has 3 heteroatoms. The Labute approximate surface area is 120 Å². The zero-order chi connectivity index (χ0) is 13.7. The van der Waals surface area contributed by atoms with Crippen LogP contribution in [0.1, 0.15) is 44.2 Å². The Kier molecular flexibility index (Phi) is 2.83. The largest absolute Gasteiger partial charge is 0.508 e. The van der Waals surface area contributed by atoms with E-state index in [9.17, 15) is 5.11 Å². The van der Waals surface area contributed by atoms with Crippen molar-refractivity contribution in [2.75, 3.05) is 6.61 Å². The number of rotatable bonds is 3. The quantitative estimate of drug-likeness (QED) is 0.889. The number of aromatic hydroxyl groups is 1. The molecule has 0 radical (unpaired) electrons. The second-order valence-electron chi connectivity index (χ2n) is 6.76. The van der Waals surface area contributed by atoms with Gasteiger partial charge in [0.2, 0.25) is 0 Å². The molecule has 0 unspecified atom stereocenters. The number of phenols is 1. The van der Waals surface area contributed by atoms with Crippen LogP contribution in [0.5, 0.6) is 5.75 Å². The first kappa shape index (κ1) is 12.7. The van der Waals surface area contributed by atoms with Gasteiger partial charge in [0.05, 0.1) is 6.10 Å². The molecule has 2 saturated carbocycles. The average molecular weight is 273 g/mol. The van der Waals surface area contributed by atoms with Gasteiger partial charge in [-0.2, -0.15) is 0 Å². The van der Waals surface area contributed by atoms with Crippen LogP contribution in [0.15, 0.2) is 24.3 Å². The SMILES string of the molecule is C[C@H](N[C@@H]1[C@@H]2CCO[C@H]2C12CCC2)c1ccccc1O. The number of benzene rings is 1. The molecule has 3 fully saturated rings. The van der Waals surface area contributed by atoms with Gasteiger partial charge in [-0.05, 0) is 32.3 Å². The molecule has 2 N–H and O–H groups in total. The van der Waals surface area contributed by atoms with Gasteiger partial charge < -0.3 is 15.2 Å². The smallest absolute Gasteiger partial charge is 0.120 e. The Morgan fingerprint density at radius 1 is 1.35 bits per heavy atom. The number of phenolic OH excluding ortho intramolecular Hbond substituents is 1. The standard InChI is InChI=1S/C17H23NO2/c1-11(12-5-2-3-6-14(12)19)18-15-13-7-10-20-16(13)17(15)8-4-9-17/h2-3,5-6,11,13,15-16,18-19H,4,7-10H2,1H3/t11-,13-,15+,16+/m0/s1. The lowest BCUT2D eigenvalue weighted by Crippen LogP contribution is -2.71. The second kappa shape index (κ2) is 4.47. The van der Waals surface area contributed by atoms with Crippen LogP contribution >= 0.6 is 0 Å². The first-order chi connectivity index (χ1) is 9.72. The molecule has 1 saturated heterocycles. The Hall–Kier alpha value is -1.06. The van der Waals surface area contributed by atoms with Crippen molar-refractivity contribution in [1.82, 2.24) is 5.32 Å². The van der Waals surface area contributed by atoms with E-state index in [0.717, 1.165) is 12.2 Å². The van der Waals surface area contributed by atoms with Crippen LogP contribution in [0.4, 0.5) is 0 Å². The molecule has 0 amide bonds. The van der Waals surface area contributed by atoms with E-state index in [-0.39, 0.29) is 6.04 Å². The molecule has 1 aromatic rings. The van der Waals surface area contributed by atoms with Crippen molar-refractivity contribution in [3.8, 4) is 5.75 Å². The fourth-order valence-corrected chi connectivity index (χ4v) is 4.71.